The molecule has 0 fully saturated rings. The molecular weight excluding hydrogens is 260 g/mol. The van der Waals surface area contributed by atoms with Crippen LogP contribution in [0.15, 0.2) is 36.4 Å². The third-order valence-corrected chi connectivity index (χ3v) is 3.06. The molecule has 2 aromatic heterocycles. The first kappa shape index (κ1) is 11.7. The second-order valence-corrected chi connectivity index (χ2v) is 4.53. The van der Waals surface area contributed by atoms with E-state index in [2.05, 4.69) is 15.3 Å². The van der Waals surface area contributed by atoms with Gasteiger partial charge in [0, 0.05) is 5.56 Å². The summed E-state index contributed by atoms with van der Waals surface area (Å²) in [6.45, 7) is 1.92. The van der Waals surface area contributed by atoms with E-state index in [0.29, 0.717) is 10.7 Å². The first-order valence-corrected chi connectivity index (χ1v) is 6.12. The smallest absolute Gasteiger partial charge is 0.269 e. The normalized spacial score (nSPS) is 10.8. The largest absolute Gasteiger partial charge is 0.334 e. The van der Waals surface area contributed by atoms with Crippen LogP contribution in [-0.2, 0) is 0 Å². The van der Waals surface area contributed by atoms with Crippen molar-refractivity contribution in [2.45, 2.75) is 6.92 Å². The molecule has 96 valence electrons. The van der Waals surface area contributed by atoms with Crippen LogP contribution in [0, 0.1) is 11.7 Å². The molecule has 0 bridgehead atoms. The summed E-state index contributed by atoms with van der Waals surface area (Å²) in [4.78, 5) is 0. The molecule has 0 amide bonds. The van der Waals surface area contributed by atoms with Gasteiger partial charge in [-0.3, -0.25) is 0 Å². The summed E-state index contributed by atoms with van der Waals surface area (Å²) in [7, 11) is 0. The minimum atomic E-state index is 0.349. The van der Waals surface area contributed by atoms with Crippen molar-refractivity contribution in [3.05, 3.63) is 46.9 Å². The van der Waals surface area contributed by atoms with Crippen molar-refractivity contribution in [3.8, 4) is 17.2 Å². The molecule has 3 N–H and O–H groups in total. The minimum absolute atomic E-state index is 0.349. The number of nitrogen functional groups attached to an aromatic ring is 1. The van der Waals surface area contributed by atoms with E-state index in [4.69, 9.17) is 18.1 Å². The van der Waals surface area contributed by atoms with Gasteiger partial charge in [0.25, 0.3) is 5.95 Å². The topological polar surface area (TPSA) is 77.5 Å². The highest BCUT2D eigenvalue weighted by Crippen LogP contribution is 2.22. The predicted molar refractivity (Wildman–Crippen MR) is 74.9 cm³/mol. The van der Waals surface area contributed by atoms with Crippen LogP contribution in [0.2, 0.25) is 0 Å². The predicted octanol–water partition coefficient (Wildman–Crippen LogP) is 1.82. The van der Waals surface area contributed by atoms with Gasteiger partial charge in [0.2, 0.25) is 4.77 Å². The van der Waals surface area contributed by atoms with Crippen LogP contribution in [0.3, 0.4) is 0 Å². The number of nitrogens with two attached hydrogens (primary N) is 1. The Morgan fingerprint density at radius 1 is 1.26 bits per heavy atom. The number of H-pyrrole nitrogens is 1. The van der Waals surface area contributed by atoms with E-state index in [1.165, 1.54) is 4.68 Å². The Labute approximate surface area is 114 Å². The lowest BCUT2D eigenvalue weighted by Gasteiger charge is -2.05. The van der Waals surface area contributed by atoms with E-state index in [-0.39, 0.29) is 0 Å². The van der Waals surface area contributed by atoms with Crippen molar-refractivity contribution in [3.63, 3.8) is 0 Å². The van der Waals surface area contributed by atoms with Crippen LogP contribution in [0.25, 0.3) is 17.2 Å². The summed E-state index contributed by atoms with van der Waals surface area (Å²) < 4.78 is 3.33. The molecule has 0 saturated heterocycles. The summed E-state index contributed by atoms with van der Waals surface area (Å²) in [5.41, 5.74) is 2.84. The Morgan fingerprint density at radius 3 is 2.63 bits per heavy atom. The molecule has 0 aliphatic rings. The maximum atomic E-state index is 5.85. The zero-order valence-electron chi connectivity index (χ0n) is 10.2. The summed E-state index contributed by atoms with van der Waals surface area (Å²) >= 11 is 5.02. The molecule has 0 unspecified atom stereocenters. The molecule has 3 rings (SSSR count). The van der Waals surface area contributed by atoms with Crippen molar-refractivity contribution in [1.29, 1.82) is 0 Å². The number of aromatic nitrogens is 5. The van der Waals surface area contributed by atoms with Crippen LogP contribution >= 0.6 is 12.2 Å². The van der Waals surface area contributed by atoms with Gasteiger partial charge < -0.3 is 5.84 Å². The Bertz CT molecular complexity index is 767. The molecule has 7 heteroatoms. The van der Waals surface area contributed by atoms with Gasteiger partial charge in [0.15, 0.2) is 0 Å². The average Bonchev–Trinajstić information content (AvgIpc) is 2.95. The maximum Gasteiger partial charge on any atom is 0.269 e. The monoisotopic (exact) mass is 272 g/mol. The van der Waals surface area contributed by atoms with E-state index >= 15 is 0 Å². The lowest BCUT2D eigenvalue weighted by Crippen LogP contribution is -2.16. The van der Waals surface area contributed by atoms with Gasteiger partial charge in [-0.05, 0) is 25.2 Å². The summed E-state index contributed by atoms with van der Waals surface area (Å²) in [6, 6.07) is 11.9. The van der Waals surface area contributed by atoms with E-state index in [0.717, 1.165) is 17.0 Å². The first-order chi connectivity index (χ1) is 9.16. The first-order valence-electron chi connectivity index (χ1n) is 5.72. The highest BCUT2D eigenvalue weighted by molar-refractivity contribution is 7.71. The molecule has 1 aromatic carbocycles. The van der Waals surface area contributed by atoms with Gasteiger partial charge in [-0.1, -0.05) is 30.3 Å². The molecule has 3 aromatic rings. The fraction of sp³-hybridized carbons (Fsp3) is 0.0833. The van der Waals surface area contributed by atoms with Crippen molar-refractivity contribution in [1.82, 2.24) is 24.7 Å². The van der Waals surface area contributed by atoms with Crippen LogP contribution in [0.1, 0.15) is 5.69 Å². The molecule has 2 heterocycles. The van der Waals surface area contributed by atoms with Gasteiger partial charge >= 0.3 is 0 Å². The van der Waals surface area contributed by atoms with E-state index in [9.17, 15) is 0 Å². The molecule has 6 nitrogen and oxygen atoms in total. The Balaban J connectivity index is 2.23. The van der Waals surface area contributed by atoms with Crippen molar-refractivity contribution in [2.75, 3.05) is 5.84 Å². The maximum absolute atomic E-state index is 5.85. The van der Waals surface area contributed by atoms with Crippen molar-refractivity contribution >= 4 is 12.2 Å². The van der Waals surface area contributed by atoms with E-state index in [1.54, 1.807) is 4.68 Å². The summed E-state index contributed by atoms with van der Waals surface area (Å²) in [5.74, 6) is 6.30. The number of nitrogens with one attached hydrogen (secondary N) is 1. The Kier molecular flexibility index (Phi) is 2.68. The van der Waals surface area contributed by atoms with Gasteiger partial charge in [0.05, 0.1) is 11.4 Å². The third kappa shape index (κ3) is 1.93. The second kappa shape index (κ2) is 4.36. The number of benzene rings is 1. The van der Waals surface area contributed by atoms with Crippen LogP contribution in [0.4, 0.5) is 0 Å². The molecule has 0 atom stereocenters. The quantitative estimate of drug-likeness (QED) is 0.551. The SMILES string of the molecule is Cc1cc(-c2ccccc2)n(-c2n[nH]c(=S)n2N)n1. The van der Waals surface area contributed by atoms with Crippen LogP contribution < -0.4 is 5.84 Å². The molecule has 0 saturated carbocycles. The van der Waals surface area contributed by atoms with Crippen LogP contribution in [0.5, 0.6) is 0 Å². The highest BCUT2D eigenvalue weighted by Gasteiger charge is 2.14. The molecular formula is C12H12N6S. The average molecular weight is 272 g/mol. The Morgan fingerprint density at radius 2 is 2.00 bits per heavy atom. The third-order valence-electron chi connectivity index (χ3n) is 2.78. The lowest BCUT2D eigenvalue weighted by molar-refractivity contribution is 0.766. The van der Waals surface area contributed by atoms with Gasteiger partial charge in [-0.15, -0.1) is 5.10 Å². The number of aryl methyl sites for hydroxylation is 1. The second-order valence-electron chi connectivity index (χ2n) is 4.15. The van der Waals surface area contributed by atoms with E-state index < -0.39 is 0 Å². The number of hydrogen-bond donors (Lipinski definition) is 2. The highest BCUT2D eigenvalue weighted by atomic mass is 32.1. The van der Waals surface area contributed by atoms with Crippen molar-refractivity contribution < 1.29 is 0 Å². The number of rotatable bonds is 2. The Hall–Kier alpha value is -2.41. The summed E-state index contributed by atoms with van der Waals surface area (Å²) in [6.07, 6.45) is 0. The number of hydrogen-bond acceptors (Lipinski definition) is 4. The zero-order valence-corrected chi connectivity index (χ0v) is 11.1. The number of nitrogens with zero attached hydrogens (tertiary/aromatic N) is 4. The standard InChI is InChI=1S/C12H12N6S/c1-8-7-10(9-5-3-2-4-6-9)18(16-8)11-14-15-12(19)17(11)13/h2-7H,13H2,1H3,(H,15,19). The molecule has 0 spiro atoms. The van der Waals surface area contributed by atoms with Gasteiger partial charge in [0.1, 0.15) is 0 Å². The van der Waals surface area contributed by atoms with Crippen molar-refractivity contribution in [2.24, 2.45) is 0 Å². The van der Waals surface area contributed by atoms with Gasteiger partial charge in [-0.25, -0.2) is 5.10 Å². The zero-order chi connectivity index (χ0) is 13.4. The number of aromatic amines is 1. The van der Waals surface area contributed by atoms with E-state index in [1.807, 2.05) is 43.3 Å². The minimum Gasteiger partial charge on any atom is -0.334 e. The molecule has 0 radical (unpaired) electrons. The fourth-order valence-electron chi connectivity index (χ4n) is 1.91. The van der Waals surface area contributed by atoms with Crippen LogP contribution in [-0.4, -0.2) is 24.7 Å². The van der Waals surface area contributed by atoms with Gasteiger partial charge in [-0.2, -0.15) is 14.5 Å². The fourth-order valence-corrected chi connectivity index (χ4v) is 2.04. The summed E-state index contributed by atoms with van der Waals surface area (Å²) in [5, 5.41) is 11.2. The molecule has 19 heavy (non-hydrogen) atoms. The molecule has 0 aliphatic heterocycles. The lowest BCUT2D eigenvalue weighted by atomic mass is 10.1. The molecule has 0 aliphatic carbocycles.